The van der Waals surface area contributed by atoms with Crippen molar-refractivity contribution in [2.24, 2.45) is 0 Å². The average molecular weight is 893 g/mol. The second-order valence-corrected chi connectivity index (χ2v) is 15.4. The molecule has 11 nitrogen and oxygen atoms in total. The minimum atomic E-state index is -2.15. The number of carboxylic acid groups (broad SMARTS) is 1. The highest BCUT2D eigenvalue weighted by molar-refractivity contribution is 7.08. The van der Waals surface area contributed by atoms with Crippen molar-refractivity contribution in [3.05, 3.63) is 195 Å². The minimum absolute atomic E-state index is 0.0868. The summed E-state index contributed by atoms with van der Waals surface area (Å²) in [5.41, 5.74) is 0.727. The van der Waals surface area contributed by atoms with E-state index in [1.807, 2.05) is 0 Å². The van der Waals surface area contributed by atoms with Crippen molar-refractivity contribution in [2.75, 3.05) is 11.4 Å². The monoisotopic (exact) mass is 892 g/mol. The van der Waals surface area contributed by atoms with Crippen LogP contribution >= 0.6 is 11.3 Å². The molecule has 5 aromatic carbocycles. The number of hydrogen-bond donors (Lipinski definition) is 2. The number of Topliss-reactive ketones (excluding diaryl/α,β-unsaturated/α-hetero) is 1. The number of halogens is 4. The molecule has 2 N–H and O–H groups in total. The van der Waals surface area contributed by atoms with Gasteiger partial charge in [-0.15, -0.1) is 0 Å². The summed E-state index contributed by atoms with van der Waals surface area (Å²) in [7, 11) is 0. The van der Waals surface area contributed by atoms with Crippen LogP contribution in [-0.2, 0) is 48.0 Å². The van der Waals surface area contributed by atoms with Crippen LogP contribution in [0.15, 0.2) is 144 Å². The van der Waals surface area contributed by atoms with Gasteiger partial charge in [-0.05, 0) is 70.5 Å². The van der Waals surface area contributed by atoms with Crippen molar-refractivity contribution >= 4 is 52.4 Å². The smallest absolute Gasteiger partial charge is 0.333 e. The maximum absolute atomic E-state index is 15.1. The maximum Gasteiger partial charge on any atom is 0.333 e. The molecule has 0 spiro atoms. The largest absolute Gasteiger partial charge is 0.479 e. The van der Waals surface area contributed by atoms with E-state index in [2.05, 4.69) is 5.32 Å². The van der Waals surface area contributed by atoms with Crippen LogP contribution in [0.3, 0.4) is 0 Å². The number of aliphatic carboxylic acids is 1. The van der Waals surface area contributed by atoms with E-state index in [0.717, 1.165) is 40.5 Å². The second kappa shape index (κ2) is 21.2. The lowest BCUT2D eigenvalue weighted by molar-refractivity contribution is -0.183. The van der Waals surface area contributed by atoms with Gasteiger partial charge in [-0.3, -0.25) is 29.3 Å². The summed E-state index contributed by atoms with van der Waals surface area (Å²) in [5.74, 6) is -10.9. The zero-order chi connectivity index (χ0) is 45.9. The molecule has 328 valence electrons. The highest BCUT2D eigenvalue weighted by atomic mass is 32.1. The number of thiophene rings is 1. The second-order valence-electron chi connectivity index (χ2n) is 14.7. The van der Waals surface area contributed by atoms with Crippen LogP contribution in [0.2, 0.25) is 0 Å². The Morgan fingerprint density at radius 2 is 1.11 bits per heavy atom. The van der Waals surface area contributed by atoms with E-state index in [-0.39, 0.29) is 33.8 Å². The van der Waals surface area contributed by atoms with Crippen molar-refractivity contribution in [3.63, 3.8) is 0 Å². The standard InChI is InChI=1S/C48H40F4N4O7S/c1-30(53-45(34-13-7-3-8-14-34)41(57)23-31-11-5-2-6-12-31)47(61)56(43(59)25-33-21-38(51)27-39(52)22-33)55(46(48(62)63)35-15-9-4-10-16-35)44(60)28-54(40-17-18-64-29-40)42(58)24-32-19-36(49)26-37(50)20-32/h2-22,26-27,29-30,45-46,53H,23-25,28H2,1H3,(H,62,63)/t30-,45-,46-/m0/s1. The molecule has 0 radical (unpaired) electrons. The molecule has 1 aromatic heterocycles. The normalized spacial score (nSPS) is 12.4. The number of amides is 4. The highest BCUT2D eigenvalue weighted by Gasteiger charge is 2.44. The molecule has 1 heterocycles. The molecule has 0 aliphatic carbocycles. The van der Waals surface area contributed by atoms with Gasteiger partial charge in [0.25, 0.3) is 17.7 Å². The molecule has 0 saturated carbocycles. The molecule has 4 amide bonds. The van der Waals surface area contributed by atoms with Crippen LogP contribution in [0.4, 0.5) is 23.2 Å². The first-order chi connectivity index (χ1) is 30.7. The Labute approximate surface area is 369 Å². The molecule has 0 aliphatic rings. The lowest BCUT2D eigenvalue weighted by atomic mass is 9.96. The van der Waals surface area contributed by atoms with Crippen LogP contribution in [0.5, 0.6) is 0 Å². The lowest BCUT2D eigenvalue weighted by Crippen LogP contribution is -2.62. The van der Waals surface area contributed by atoms with Gasteiger partial charge in [0, 0.05) is 23.9 Å². The van der Waals surface area contributed by atoms with E-state index in [9.17, 15) is 41.8 Å². The van der Waals surface area contributed by atoms with Crippen LogP contribution < -0.4 is 10.2 Å². The van der Waals surface area contributed by atoms with Crippen LogP contribution in [-0.4, -0.2) is 63.1 Å². The fraction of sp³-hybridized carbons (Fsp3) is 0.167. The number of rotatable bonds is 17. The first-order valence-electron chi connectivity index (χ1n) is 19.7. The highest BCUT2D eigenvalue weighted by Crippen LogP contribution is 2.28. The van der Waals surface area contributed by atoms with E-state index < -0.39 is 96.2 Å². The molecule has 0 unspecified atom stereocenters. The number of carboxylic acids is 1. The predicted octanol–water partition coefficient (Wildman–Crippen LogP) is 7.58. The van der Waals surface area contributed by atoms with Crippen LogP contribution in [0.1, 0.15) is 46.8 Å². The number of carbonyl (C=O) groups is 6. The van der Waals surface area contributed by atoms with E-state index in [4.69, 9.17) is 0 Å². The summed E-state index contributed by atoms with van der Waals surface area (Å²) >= 11 is 1.12. The zero-order valence-corrected chi connectivity index (χ0v) is 34.9. The summed E-state index contributed by atoms with van der Waals surface area (Å²) in [6.07, 6.45) is -1.66. The summed E-state index contributed by atoms with van der Waals surface area (Å²) in [6, 6.07) is 25.4. The fourth-order valence-corrected chi connectivity index (χ4v) is 7.70. The number of nitrogens with zero attached hydrogens (tertiary/aromatic N) is 3. The van der Waals surface area contributed by atoms with Gasteiger partial charge in [0.2, 0.25) is 5.91 Å². The number of anilines is 1. The number of hydrogen-bond acceptors (Lipinski definition) is 8. The van der Waals surface area contributed by atoms with Gasteiger partial charge in [-0.25, -0.2) is 27.4 Å². The third-order valence-corrected chi connectivity index (χ3v) is 10.6. The predicted molar refractivity (Wildman–Crippen MR) is 229 cm³/mol. The van der Waals surface area contributed by atoms with Crippen molar-refractivity contribution in [1.82, 2.24) is 15.3 Å². The van der Waals surface area contributed by atoms with E-state index in [0.29, 0.717) is 28.3 Å². The van der Waals surface area contributed by atoms with E-state index >= 15 is 9.59 Å². The van der Waals surface area contributed by atoms with E-state index in [1.54, 1.807) is 72.1 Å². The lowest BCUT2D eigenvalue weighted by Gasteiger charge is -2.39. The number of benzene rings is 5. The van der Waals surface area contributed by atoms with Crippen LogP contribution in [0, 0.1) is 23.3 Å². The van der Waals surface area contributed by atoms with Gasteiger partial charge in [0.05, 0.1) is 30.6 Å². The number of nitrogens with one attached hydrogen (secondary N) is 1. The third kappa shape index (κ3) is 11.8. The summed E-state index contributed by atoms with van der Waals surface area (Å²) in [6.45, 7) is 0.260. The van der Waals surface area contributed by atoms with Gasteiger partial charge in [0.1, 0.15) is 29.8 Å². The van der Waals surface area contributed by atoms with Crippen molar-refractivity contribution < 1.29 is 51.4 Å². The fourth-order valence-electron chi connectivity index (χ4n) is 7.06. The van der Waals surface area contributed by atoms with Gasteiger partial charge < -0.3 is 10.0 Å². The van der Waals surface area contributed by atoms with Crippen molar-refractivity contribution in [3.8, 4) is 0 Å². The quantitative estimate of drug-likeness (QED) is 0.0705. The Hall–Kier alpha value is -7.30. The number of ketones is 1. The van der Waals surface area contributed by atoms with Crippen molar-refractivity contribution in [1.29, 1.82) is 0 Å². The molecule has 3 atom stereocenters. The van der Waals surface area contributed by atoms with Gasteiger partial charge in [0.15, 0.2) is 11.8 Å². The molecular formula is C48H40F4N4O7S. The molecule has 6 aromatic rings. The molecule has 0 fully saturated rings. The van der Waals surface area contributed by atoms with Gasteiger partial charge in [-0.1, -0.05) is 91.0 Å². The molecule has 6 rings (SSSR count). The third-order valence-electron chi connectivity index (χ3n) is 9.94. The molecule has 64 heavy (non-hydrogen) atoms. The Balaban J connectivity index is 1.46. The first kappa shape index (κ1) is 46.2. The topological polar surface area (TPSA) is 144 Å². The number of hydrazine groups is 1. The zero-order valence-electron chi connectivity index (χ0n) is 34.1. The molecule has 0 bridgehead atoms. The Morgan fingerprint density at radius 1 is 0.609 bits per heavy atom. The van der Waals surface area contributed by atoms with E-state index in [1.165, 1.54) is 42.6 Å². The molecule has 0 saturated heterocycles. The Morgan fingerprint density at radius 3 is 1.61 bits per heavy atom. The Bertz CT molecular complexity index is 2580. The number of imide groups is 1. The molecular weight excluding hydrogens is 853 g/mol. The van der Waals surface area contributed by atoms with Gasteiger partial charge in [-0.2, -0.15) is 16.3 Å². The summed E-state index contributed by atoms with van der Waals surface area (Å²) in [4.78, 5) is 87.2. The minimum Gasteiger partial charge on any atom is -0.479 e. The summed E-state index contributed by atoms with van der Waals surface area (Å²) in [5, 5.41) is 17.5. The number of carbonyl (C=O) groups excluding carboxylic acids is 5. The molecule has 0 aliphatic heterocycles. The average Bonchev–Trinajstić information content (AvgIpc) is 3.79. The SMILES string of the molecule is C[C@H](N[C@H](C(=O)Cc1ccccc1)c1ccccc1)C(=O)N(C(=O)Cc1cc(F)cc(F)c1)N(C(=O)CN(C(=O)Cc1cc(F)cc(F)c1)c1ccsc1)[C@H](C(=O)O)c1ccccc1. The Kier molecular flexibility index (Phi) is 15.3. The van der Waals surface area contributed by atoms with Gasteiger partial charge >= 0.3 is 5.97 Å². The van der Waals surface area contributed by atoms with Crippen molar-refractivity contribution in [2.45, 2.75) is 44.3 Å². The van der Waals surface area contributed by atoms with Crippen LogP contribution in [0.25, 0.3) is 0 Å². The summed E-state index contributed by atoms with van der Waals surface area (Å²) < 4.78 is 57.4. The first-order valence-corrected chi connectivity index (χ1v) is 20.7. The molecule has 16 heteroatoms. The maximum atomic E-state index is 15.1.